The molecule has 1 atom stereocenters. The Hall–Kier alpha value is -1.95. The van der Waals surface area contributed by atoms with Crippen molar-refractivity contribution >= 4 is 11.9 Å². The second-order valence-electron chi connectivity index (χ2n) is 5.77. The highest BCUT2D eigenvalue weighted by Crippen LogP contribution is 2.14. The molecule has 0 aromatic carbocycles. The van der Waals surface area contributed by atoms with Gasteiger partial charge in [-0.3, -0.25) is 9.59 Å². The van der Waals surface area contributed by atoms with Gasteiger partial charge < -0.3 is 15.8 Å². The number of aromatic nitrogens is 1. The van der Waals surface area contributed by atoms with E-state index in [4.69, 9.17) is 10.5 Å². The minimum atomic E-state index is -0.269. The summed E-state index contributed by atoms with van der Waals surface area (Å²) in [4.78, 5) is 23.4. The minimum Gasteiger partial charge on any atom is -0.405 e. The number of nitrogens with one attached hydrogen (secondary N) is 1. The zero-order valence-electron chi connectivity index (χ0n) is 13.5. The molecule has 0 saturated heterocycles. The summed E-state index contributed by atoms with van der Waals surface area (Å²) in [5.41, 5.74) is 6.20. The summed E-state index contributed by atoms with van der Waals surface area (Å²) in [5, 5.41) is 2.55. The predicted molar refractivity (Wildman–Crippen MR) is 82.7 cm³/mol. The molecular weight excluding hydrogens is 282 g/mol. The van der Waals surface area contributed by atoms with Gasteiger partial charge in [0, 0.05) is 19.5 Å². The van der Waals surface area contributed by atoms with Crippen molar-refractivity contribution in [2.45, 2.75) is 33.4 Å². The largest absolute Gasteiger partial charge is 0.405 e. The molecule has 1 aromatic heterocycles. The molecule has 1 amide bonds. The van der Waals surface area contributed by atoms with E-state index in [1.165, 1.54) is 0 Å². The van der Waals surface area contributed by atoms with Gasteiger partial charge in [-0.2, -0.15) is 4.57 Å². The zero-order valence-corrected chi connectivity index (χ0v) is 13.5. The van der Waals surface area contributed by atoms with Gasteiger partial charge in [-0.15, -0.1) is 0 Å². The number of nitrogens with two attached hydrogens (primary N) is 1. The molecule has 0 bridgehead atoms. The SMILES string of the molecule is CNC(=O)c1ccc[n+](COC(=O)C[C@@H](CN)CC(C)C)c1. The number of esters is 1. The summed E-state index contributed by atoms with van der Waals surface area (Å²) < 4.78 is 6.90. The molecule has 0 aliphatic heterocycles. The number of hydrogen-bond acceptors (Lipinski definition) is 4. The molecule has 22 heavy (non-hydrogen) atoms. The lowest BCUT2D eigenvalue weighted by atomic mass is 9.94. The first kappa shape index (κ1) is 18.1. The van der Waals surface area contributed by atoms with E-state index in [0.717, 1.165) is 6.42 Å². The van der Waals surface area contributed by atoms with E-state index in [9.17, 15) is 9.59 Å². The normalized spacial score (nSPS) is 12.0. The molecule has 0 saturated carbocycles. The van der Waals surface area contributed by atoms with Crippen LogP contribution in [0, 0.1) is 11.8 Å². The van der Waals surface area contributed by atoms with E-state index >= 15 is 0 Å². The van der Waals surface area contributed by atoms with Gasteiger partial charge in [-0.25, -0.2) is 0 Å². The van der Waals surface area contributed by atoms with Gasteiger partial charge >= 0.3 is 5.97 Å². The van der Waals surface area contributed by atoms with Gasteiger partial charge in [0.15, 0.2) is 12.4 Å². The molecule has 0 aliphatic rings. The summed E-state index contributed by atoms with van der Waals surface area (Å²) in [6.07, 6.45) is 4.62. The Bertz CT molecular complexity index is 503. The van der Waals surface area contributed by atoms with Crippen LogP contribution in [-0.4, -0.2) is 25.5 Å². The molecule has 1 heterocycles. The Morgan fingerprint density at radius 3 is 2.73 bits per heavy atom. The van der Waals surface area contributed by atoms with Crippen LogP contribution in [0.15, 0.2) is 24.5 Å². The Morgan fingerprint density at radius 2 is 2.14 bits per heavy atom. The summed E-state index contributed by atoms with van der Waals surface area (Å²) in [5.74, 6) is 0.199. The highest BCUT2D eigenvalue weighted by molar-refractivity contribution is 5.93. The number of pyridine rings is 1. The molecule has 1 rings (SSSR count). The van der Waals surface area contributed by atoms with Crippen molar-refractivity contribution in [1.29, 1.82) is 0 Å². The van der Waals surface area contributed by atoms with Crippen molar-refractivity contribution in [3.8, 4) is 0 Å². The number of nitrogens with zero attached hydrogens (tertiary/aromatic N) is 1. The maximum absolute atomic E-state index is 11.9. The number of rotatable bonds is 8. The Kier molecular flexibility index (Phi) is 7.52. The zero-order chi connectivity index (χ0) is 16.5. The fourth-order valence-corrected chi connectivity index (χ4v) is 2.25. The molecule has 1 aromatic rings. The van der Waals surface area contributed by atoms with Crippen molar-refractivity contribution < 1.29 is 18.9 Å². The molecule has 0 radical (unpaired) electrons. The highest BCUT2D eigenvalue weighted by atomic mass is 16.5. The van der Waals surface area contributed by atoms with E-state index in [-0.39, 0.29) is 24.5 Å². The van der Waals surface area contributed by atoms with Crippen LogP contribution in [-0.2, 0) is 16.3 Å². The first-order valence-electron chi connectivity index (χ1n) is 7.53. The van der Waals surface area contributed by atoms with Crippen LogP contribution in [0.4, 0.5) is 0 Å². The fourth-order valence-electron chi connectivity index (χ4n) is 2.25. The molecule has 0 spiro atoms. The number of carbonyl (C=O) groups excluding carboxylic acids is 2. The second kappa shape index (κ2) is 9.15. The van der Waals surface area contributed by atoms with Crippen LogP contribution in [0.5, 0.6) is 0 Å². The molecular formula is C16H26N3O3+. The van der Waals surface area contributed by atoms with Gasteiger partial charge in [0.05, 0.1) is 0 Å². The summed E-state index contributed by atoms with van der Waals surface area (Å²) in [6, 6.07) is 3.43. The lowest BCUT2D eigenvalue weighted by molar-refractivity contribution is -0.727. The Labute approximate surface area is 131 Å². The first-order chi connectivity index (χ1) is 10.5. The fraction of sp³-hybridized carbons (Fsp3) is 0.562. The Morgan fingerprint density at radius 1 is 1.41 bits per heavy atom. The summed E-state index contributed by atoms with van der Waals surface area (Å²) in [7, 11) is 1.57. The standard InChI is InChI=1S/C16H25N3O3/c1-12(2)7-13(9-17)8-15(20)22-11-19-6-4-5-14(10-19)16(21)18-3/h4-6,10,12-13H,7-9,11,17H2,1-3H3/p+1/t13-/m0/s1. The third kappa shape index (κ3) is 6.22. The predicted octanol–water partition coefficient (Wildman–Crippen LogP) is 0.846. The number of hydrogen-bond donors (Lipinski definition) is 2. The van der Waals surface area contributed by atoms with Crippen molar-refractivity contribution in [1.82, 2.24) is 5.32 Å². The lowest BCUT2D eigenvalue weighted by Crippen LogP contribution is -2.37. The lowest BCUT2D eigenvalue weighted by Gasteiger charge is -2.15. The summed E-state index contributed by atoms with van der Waals surface area (Å²) >= 11 is 0. The van der Waals surface area contributed by atoms with E-state index in [1.54, 1.807) is 36.1 Å². The van der Waals surface area contributed by atoms with E-state index in [2.05, 4.69) is 19.2 Å². The number of amides is 1. The Balaban J connectivity index is 2.51. The van der Waals surface area contributed by atoms with Gasteiger partial charge in [-0.1, -0.05) is 13.8 Å². The molecule has 0 unspecified atom stereocenters. The molecule has 6 heteroatoms. The van der Waals surface area contributed by atoms with Crippen LogP contribution in [0.25, 0.3) is 0 Å². The smallest absolute Gasteiger partial charge is 0.310 e. The van der Waals surface area contributed by atoms with Crippen LogP contribution >= 0.6 is 0 Å². The quantitative estimate of drug-likeness (QED) is 0.550. The third-order valence-corrected chi connectivity index (χ3v) is 3.32. The average molecular weight is 308 g/mol. The van der Waals surface area contributed by atoms with Crippen molar-refractivity contribution in [2.24, 2.45) is 17.6 Å². The first-order valence-corrected chi connectivity index (χ1v) is 7.53. The second-order valence-corrected chi connectivity index (χ2v) is 5.77. The summed E-state index contributed by atoms with van der Waals surface area (Å²) in [6.45, 7) is 4.78. The van der Waals surface area contributed by atoms with Gasteiger partial charge in [-0.05, 0) is 30.9 Å². The van der Waals surface area contributed by atoms with Gasteiger partial charge in [0.1, 0.15) is 5.56 Å². The monoisotopic (exact) mass is 308 g/mol. The van der Waals surface area contributed by atoms with E-state index < -0.39 is 0 Å². The van der Waals surface area contributed by atoms with Crippen LogP contribution in [0.3, 0.4) is 0 Å². The van der Waals surface area contributed by atoms with Crippen LogP contribution < -0.4 is 15.6 Å². The molecule has 3 N–H and O–H groups in total. The molecule has 6 nitrogen and oxygen atoms in total. The maximum Gasteiger partial charge on any atom is 0.310 e. The van der Waals surface area contributed by atoms with Crippen LogP contribution in [0.2, 0.25) is 0 Å². The number of carbonyl (C=O) groups is 2. The van der Waals surface area contributed by atoms with E-state index in [1.807, 2.05) is 0 Å². The minimum absolute atomic E-state index is 0.0860. The molecule has 0 fully saturated rings. The molecule has 122 valence electrons. The van der Waals surface area contributed by atoms with Crippen LogP contribution in [0.1, 0.15) is 37.0 Å². The van der Waals surface area contributed by atoms with Crippen molar-refractivity contribution in [2.75, 3.05) is 13.6 Å². The van der Waals surface area contributed by atoms with Gasteiger partial charge in [0.25, 0.3) is 12.6 Å². The maximum atomic E-state index is 11.9. The number of ether oxygens (including phenoxy) is 1. The van der Waals surface area contributed by atoms with E-state index in [0.29, 0.717) is 24.4 Å². The highest BCUT2D eigenvalue weighted by Gasteiger charge is 2.16. The van der Waals surface area contributed by atoms with Crippen molar-refractivity contribution in [3.63, 3.8) is 0 Å². The average Bonchev–Trinajstić information content (AvgIpc) is 2.51. The topological polar surface area (TPSA) is 85.3 Å². The molecule has 0 aliphatic carbocycles. The van der Waals surface area contributed by atoms with Gasteiger partial charge in [0.2, 0.25) is 0 Å². The third-order valence-electron chi connectivity index (χ3n) is 3.32. The van der Waals surface area contributed by atoms with Crippen molar-refractivity contribution in [3.05, 3.63) is 30.1 Å².